The maximum atomic E-state index is 11.2. The Balaban J connectivity index is 2.22. The molecule has 0 aromatic heterocycles. The first-order chi connectivity index (χ1) is 4.70. The number of fused-ring (bicyclic) bond motifs is 3. The maximum Gasteiger partial charge on any atom is 0.137 e. The normalized spacial score (nSPS) is 46.1. The molecular formula is C8H13NO. The van der Waals surface area contributed by atoms with Gasteiger partial charge in [-0.2, -0.15) is 0 Å². The molecule has 0 spiro atoms. The first-order valence-corrected chi connectivity index (χ1v) is 4.01. The van der Waals surface area contributed by atoms with E-state index in [1.54, 1.807) is 0 Å². The van der Waals surface area contributed by atoms with Gasteiger partial charge in [-0.3, -0.25) is 4.79 Å². The largest absolute Gasteiger partial charge is 0.325 e. The van der Waals surface area contributed by atoms with Crippen LogP contribution in [0.15, 0.2) is 0 Å². The molecule has 56 valence electrons. The SMILES string of the molecule is NC12CCC(CC1)C(=O)C2. The molecule has 3 saturated carbocycles. The lowest BCUT2D eigenvalue weighted by atomic mass is 9.66. The molecule has 3 rings (SSSR count). The summed E-state index contributed by atoms with van der Waals surface area (Å²) in [5, 5.41) is 0. The van der Waals surface area contributed by atoms with E-state index in [4.69, 9.17) is 5.73 Å². The number of hydrogen-bond donors (Lipinski definition) is 1. The molecule has 2 N–H and O–H groups in total. The molecule has 2 nitrogen and oxygen atoms in total. The molecule has 0 aromatic carbocycles. The van der Waals surface area contributed by atoms with E-state index in [2.05, 4.69) is 0 Å². The van der Waals surface area contributed by atoms with Crippen LogP contribution in [0.4, 0.5) is 0 Å². The van der Waals surface area contributed by atoms with Crippen molar-refractivity contribution in [1.29, 1.82) is 0 Å². The average Bonchev–Trinajstić information content (AvgIpc) is 1.87. The van der Waals surface area contributed by atoms with E-state index < -0.39 is 0 Å². The van der Waals surface area contributed by atoms with Gasteiger partial charge in [0.25, 0.3) is 0 Å². The van der Waals surface area contributed by atoms with Gasteiger partial charge in [-0.05, 0) is 25.7 Å². The first kappa shape index (κ1) is 6.35. The highest BCUT2D eigenvalue weighted by atomic mass is 16.1. The van der Waals surface area contributed by atoms with Crippen LogP contribution in [-0.4, -0.2) is 11.3 Å². The van der Waals surface area contributed by atoms with Crippen molar-refractivity contribution in [2.24, 2.45) is 11.7 Å². The summed E-state index contributed by atoms with van der Waals surface area (Å²) >= 11 is 0. The number of carbonyl (C=O) groups is 1. The summed E-state index contributed by atoms with van der Waals surface area (Å²) in [5.74, 6) is 0.797. The zero-order valence-corrected chi connectivity index (χ0v) is 6.10. The Labute approximate surface area is 60.8 Å². The van der Waals surface area contributed by atoms with E-state index in [0.29, 0.717) is 18.1 Å². The summed E-state index contributed by atoms with van der Waals surface area (Å²) in [5.41, 5.74) is 5.87. The summed E-state index contributed by atoms with van der Waals surface area (Å²) in [7, 11) is 0. The molecule has 2 heteroatoms. The van der Waals surface area contributed by atoms with E-state index in [1.807, 2.05) is 0 Å². The fourth-order valence-corrected chi connectivity index (χ4v) is 2.18. The van der Waals surface area contributed by atoms with Gasteiger partial charge in [-0.15, -0.1) is 0 Å². The summed E-state index contributed by atoms with van der Waals surface area (Å²) in [6.45, 7) is 0. The predicted molar refractivity (Wildman–Crippen MR) is 38.5 cm³/mol. The molecule has 10 heavy (non-hydrogen) atoms. The van der Waals surface area contributed by atoms with Crippen molar-refractivity contribution in [3.63, 3.8) is 0 Å². The van der Waals surface area contributed by atoms with Crippen LogP contribution in [0.3, 0.4) is 0 Å². The van der Waals surface area contributed by atoms with Crippen molar-refractivity contribution < 1.29 is 4.79 Å². The van der Waals surface area contributed by atoms with Crippen LogP contribution in [0.1, 0.15) is 32.1 Å². The molecule has 0 aliphatic heterocycles. The average molecular weight is 139 g/mol. The molecule has 3 fully saturated rings. The molecule has 0 saturated heterocycles. The van der Waals surface area contributed by atoms with Crippen molar-refractivity contribution in [3.05, 3.63) is 0 Å². The topological polar surface area (TPSA) is 43.1 Å². The van der Waals surface area contributed by atoms with Crippen molar-refractivity contribution >= 4 is 5.78 Å². The minimum atomic E-state index is -0.0914. The predicted octanol–water partition coefficient (Wildman–Crippen LogP) is 0.847. The Morgan fingerprint density at radius 3 is 2.30 bits per heavy atom. The zero-order valence-electron chi connectivity index (χ0n) is 6.10. The highest BCUT2D eigenvalue weighted by molar-refractivity contribution is 5.84. The van der Waals surface area contributed by atoms with Gasteiger partial charge in [0.2, 0.25) is 0 Å². The summed E-state index contributed by atoms with van der Waals surface area (Å²) in [6, 6.07) is 0. The number of hydrogen-bond acceptors (Lipinski definition) is 2. The molecule has 3 aliphatic rings. The van der Waals surface area contributed by atoms with Crippen LogP contribution in [-0.2, 0) is 4.79 Å². The van der Waals surface area contributed by atoms with Crippen molar-refractivity contribution in [2.75, 3.05) is 0 Å². The lowest BCUT2D eigenvalue weighted by Gasteiger charge is -2.42. The number of carbonyl (C=O) groups excluding carboxylic acids is 1. The van der Waals surface area contributed by atoms with Gasteiger partial charge in [0, 0.05) is 17.9 Å². The van der Waals surface area contributed by atoms with E-state index in [0.717, 1.165) is 25.7 Å². The Morgan fingerprint density at radius 1 is 1.40 bits per heavy atom. The third-order valence-electron chi connectivity index (χ3n) is 2.96. The number of ketones is 1. The van der Waals surface area contributed by atoms with E-state index in [1.165, 1.54) is 0 Å². The van der Waals surface area contributed by atoms with E-state index in [9.17, 15) is 4.79 Å². The molecule has 0 aromatic rings. The van der Waals surface area contributed by atoms with Gasteiger partial charge in [-0.25, -0.2) is 0 Å². The summed E-state index contributed by atoms with van der Waals surface area (Å²) < 4.78 is 0. The van der Waals surface area contributed by atoms with Gasteiger partial charge in [0.15, 0.2) is 0 Å². The zero-order chi connectivity index (χ0) is 7.19. The summed E-state index contributed by atoms with van der Waals surface area (Å²) in [6.07, 6.45) is 4.90. The Morgan fingerprint density at radius 2 is 2.00 bits per heavy atom. The molecule has 0 heterocycles. The molecule has 0 atom stereocenters. The number of nitrogens with two attached hydrogens (primary N) is 1. The maximum absolute atomic E-state index is 11.2. The first-order valence-electron chi connectivity index (χ1n) is 4.01. The smallest absolute Gasteiger partial charge is 0.137 e. The highest BCUT2D eigenvalue weighted by Crippen LogP contribution is 2.40. The van der Waals surface area contributed by atoms with Gasteiger partial charge in [-0.1, -0.05) is 0 Å². The van der Waals surface area contributed by atoms with Crippen LogP contribution >= 0.6 is 0 Å². The number of Topliss-reactive ketones (excluding diaryl/α,β-unsaturated/α-hetero) is 1. The second-order valence-electron chi connectivity index (χ2n) is 3.78. The number of rotatable bonds is 0. The third-order valence-corrected chi connectivity index (χ3v) is 2.96. The van der Waals surface area contributed by atoms with Crippen LogP contribution < -0.4 is 5.73 Å². The van der Waals surface area contributed by atoms with E-state index >= 15 is 0 Å². The second kappa shape index (κ2) is 1.82. The highest BCUT2D eigenvalue weighted by Gasteiger charge is 2.42. The second-order valence-corrected chi connectivity index (χ2v) is 3.78. The molecular weight excluding hydrogens is 126 g/mol. The standard InChI is InChI=1S/C8H13NO/c9-8-3-1-6(2-4-8)7(10)5-8/h6H,1-5,9H2. The minimum Gasteiger partial charge on any atom is -0.325 e. The van der Waals surface area contributed by atoms with E-state index in [-0.39, 0.29) is 5.54 Å². The Kier molecular flexibility index (Phi) is 1.15. The fraction of sp³-hybridized carbons (Fsp3) is 0.875. The van der Waals surface area contributed by atoms with Gasteiger partial charge in [0.05, 0.1) is 0 Å². The lowest BCUT2D eigenvalue weighted by molar-refractivity contribution is -0.129. The Hall–Kier alpha value is -0.370. The molecule has 2 bridgehead atoms. The van der Waals surface area contributed by atoms with Crippen molar-refractivity contribution in [3.8, 4) is 0 Å². The van der Waals surface area contributed by atoms with Crippen LogP contribution in [0, 0.1) is 5.92 Å². The molecule has 0 amide bonds. The summed E-state index contributed by atoms with van der Waals surface area (Å²) in [4.78, 5) is 11.2. The van der Waals surface area contributed by atoms with Crippen molar-refractivity contribution in [1.82, 2.24) is 0 Å². The van der Waals surface area contributed by atoms with Crippen LogP contribution in [0.25, 0.3) is 0 Å². The molecule has 0 unspecified atom stereocenters. The quantitative estimate of drug-likeness (QED) is 0.540. The molecule has 0 radical (unpaired) electrons. The van der Waals surface area contributed by atoms with Gasteiger partial charge >= 0.3 is 0 Å². The van der Waals surface area contributed by atoms with Gasteiger partial charge in [0.1, 0.15) is 5.78 Å². The van der Waals surface area contributed by atoms with Crippen LogP contribution in [0.2, 0.25) is 0 Å². The third kappa shape index (κ3) is 0.788. The minimum absolute atomic E-state index is 0.0914. The Bertz CT molecular complexity index is 168. The fourth-order valence-electron chi connectivity index (χ4n) is 2.18. The van der Waals surface area contributed by atoms with Crippen molar-refractivity contribution in [2.45, 2.75) is 37.6 Å². The van der Waals surface area contributed by atoms with Crippen LogP contribution in [0.5, 0.6) is 0 Å². The van der Waals surface area contributed by atoms with Gasteiger partial charge < -0.3 is 5.73 Å². The lowest BCUT2D eigenvalue weighted by Crippen LogP contribution is -2.51. The molecule has 3 aliphatic carbocycles. The monoisotopic (exact) mass is 139 g/mol.